The van der Waals surface area contributed by atoms with Gasteiger partial charge in [-0.05, 0) is 6.42 Å². The van der Waals surface area contributed by atoms with Crippen LogP contribution in [0.25, 0.3) is 0 Å². The van der Waals surface area contributed by atoms with E-state index in [1.165, 1.54) is 24.9 Å². The predicted octanol–water partition coefficient (Wildman–Crippen LogP) is 3.68. The Morgan fingerprint density at radius 2 is 1.90 bits per heavy atom. The van der Waals surface area contributed by atoms with E-state index in [0.29, 0.717) is 0 Å². The van der Waals surface area contributed by atoms with Crippen molar-refractivity contribution in [3.63, 3.8) is 0 Å². The van der Waals surface area contributed by atoms with Gasteiger partial charge in [-0.2, -0.15) is 0 Å². The van der Waals surface area contributed by atoms with Gasteiger partial charge in [0.2, 0.25) is 0 Å². The molecule has 0 aromatic rings. The maximum absolute atomic E-state index is 3.75. The Balaban J connectivity index is 3.51. The lowest BCUT2D eigenvalue weighted by atomic mass is 10.5. The van der Waals surface area contributed by atoms with Crippen LogP contribution in [-0.4, -0.2) is 8.07 Å². The monoisotopic (exact) mass is 156 g/mol. The predicted molar refractivity (Wildman–Crippen MR) is 52.2 cm³/mol. The summed E-state index contributed by atoms with van der Waals surface area (Å²) in [5.74, 6) is 0. The zero-order chi connectivity index (χ0) is 8.04. The van der Waals surface area contributed by atoms with Crippen molar-refractivity contribution < 1.29 is 0 Å². The largest absolute Gasteiger partial charge is 0.103 e. The van der Waals surface area contributed by atoms with Crippen LogP contribution in [0.4, 0.5) is 0 Å². The third-order valence-electron chi connectivity index (χ3n) is 1.95. The van der Waals surface area contributed by atoms with Gasteiger partial charge in [0.05, 0.1) is 0 Å². The summed E-state index contributed by atoms with van der Waals surface area (Å²) in [6, 6.07) is 2.89. The normalized spacial score (nSPS) is 11.5. The number of allylic oxidation sites excluding steroid dienone is 1. The summed E-state index contributed by atoms with van der Waals surface area (Å²) in [6.45, 7) is 11.0. The molecular formula is C9H20Si. The molecule has 0 aliphatic rings. The van der Waals surface area contributed by atoms with E-state index < -0.39 is 8.07 Å². The fourth-order valence-electron chi connectivity index (χ4n) is 1.29. The second-order valence-corrected chi connectivity index (χ2v) is 9.07. The lowest BCUT2D eigenvalue weighted by molar-refractivity contribution is 1.01. The first-order valence-electron chi connectivity index (χ1n) is 4.23. The molecule has 0 atom stereocenters. The first-order valence-corrected chi connectivity index (χ1v) is 7.64. The van der Waals surface area contributed by atoms with E-state index >= 15 is 0 Å². The summed E-state index contributed by atoms with van der Waals surface area (Å²) < 4.78 is 0. The first kappa shape index (κ1) is 9.96. The molecule has 60 valence electrons. The Labute approximate surface area is 66.4 Å². The minimum Gasteiger partial charge on any atom is -0.103 e. The Kier molecular flexibility index (Phi) is 4.70. The molecule has 0 unspecified atom stereocenters. The van der Waals surface area contributed by atoms with Crippen molar-refractivity contribution in [2.75, 3.05) is 0 Å². The van der Waals surface area contributed by atoms with Gasteiger partial charge in [-0.15, -0.1) is 6.58 Å². The van der Waals surface area contributed by atoms with Crippen LogP contribution in [0.3, 0.4) is 0 Å². The second kappa shape index (κ2) is 4.72. The molecule has 0 nitrogen and oxygen atoms in total. The van der Waals surface area contributed by atoms with Crippen LogP contribution in [-0.2, 0) is 0 Å². The third kappa shape index (κ3) is 4.80. The van der Waals surface area contributed by atoms with Gasteiger partial charge in [0.25, 0.3) is 0 Å². The maximum atomic E-state index is 3.75. The molecule has 0 amide bonds. The van der Waals surface area contributed by atoms with Crippen LogP contribution < -0.4 is 0 Å². The summed E-state index contributed by atoms with van der Waals surface area (Å²) in [5, 5.41) is 0. The lowest BCUT2D eigenvalue weighted by Gasteiger charge is -2.20. The number of hydrogen-bond acceptors (Lipinski definition) is 0. The topological polar surface area (TPSA) is 0 Å². The fraction of sp³-hybridized carbons (Fsp3) is 0.778. The molecule has 0 bridgehead atoms. The molecule has 0 saturated carbocycles. The minimum atomic E-state index is -0.796. The van der Waals surface area contributed by atoms with Gasteiger partial charge in [0.15, 0.2) is 0 Å². The third-order valence-corrected chi connectivity index (χ3v) is 5.45. The number of rotatable bonds is 5. The second-order valence-electron chi connectivity index (χ2n) is 3.74. The molecule has 1 heteroatoms. The quantitative estimate of drug-likeness (QED) is 0.421. The zero-order valence-electron chi connectivity index (χ0n) is 7.61. The van der Waals surface area contributed by atoms with Crippen molar-refractivity contribution in [2.45, 2.75) is 44.9 Å². The molecule has 0 rings (SSSR count). The molecule has 0 saturated heterocycles. The van der Waals surface area contributed by atoms with E-state index in [2.05, 4.69) is 26.6 Å². The van der Waals surface area contributed by atoms with Crippen molar-refractivity contribution in [2.24, 2.45) is 0 Å². The van der Waals surface area contributed by atoms with Crippen molar-refractivity contribution in [1.29, 1.82) is 0 Å². The summed E-state index contributed by atoms with van der Waals surface area (Å²) in [4.78, 5) is 0. The van der Waals surface area contributed by atoms with Gasteiger partial charge in [-0.25, -0.2) is 0 Å². The molecule has 0 spiro atoms. The maximum Gasteiger partial charge on any atom is 0.0476 e. The van der Waals surface area contributed by atoms with Crippen molar-refractivity contribution in [3.8, 4) is 0 Å². The van der Waals surface area contributed by atoms with Crippen molar-refractivity contribution in [1.82, 2.24) is 0 Å². The molecule has 0 aromatic carbocycles. The van der Waals surface area contributed by atoms with Gasteiger partial charge >= 0.3 is 0 Å². The Morgan fingerprint density at radius 3 is 2.30 bits per heavy atom. The van der Waals surface area contributed by atoms with E-state index in [9.17, 15) is 0 Å². The van der Waals surface area contributed by atoms with Crippen LogP contribution in [0.1, 0.15) is 19.8 Å². The van der Waals surface area contributed by atoms with Gasteiger partial charge in [-0.3, -0.25) is 0 Å². The van der Waals surface area contributed by atoms with E-state index in [1.807, 2.05) is 6.08 Å². The highest BCUT2D eigenvalue weighted by Crippen LogP contribution is 2.18. The Morgan fingerprint density at radius 1 is 1.30 bits per heavy atom. The summed E-state index contributed by atoms with van der Waals surface area (Å²) in [6.07, 6.45) is 4.62. The van der Waals surface area contributed by atoms with E-state index in [-0.39, 0.29) is 0 Å². The fourth-order valence-corrected chi connectivity index (χ4v) is 3.88. The standard InChI is InChI=1S/C9H20Si/c1-5-7-9-10(3,4)8-6-2/h5H,1,6-9H2,2-4H3. The summed E-state index contributed by atoms with van der Waals surface area (Å²) >= 11 is 0. The van der Waals surface area contributed by atoms with Crippen molar-refractivity contribution >= 4 is 8.07 Å². The van der Waals surface area contributed by atoms with E-state index in [1.54, 1.807) is 0 Å². The molecule has 0 fully saturated rings. The highest BCUT2D eigenvalue weighted by Gasteiger charge is 2.17. The SMILES string of the molecule is C=CCC[Si](C)(C)CCC. The summed E-state index contributed by atoms with van der Waals surface area (Å²) in [7, 11) is -0.796. The molecule has 0 N–H and O–H groups in total. The molecule has 0 aliphatic heterocycles. The molecule has 0 heterocycles. The Hall–Kier alpha value is -0.0431. The molecule has 0 radical (unpaired) electrons. The van der Waals surface area contributed by atoms with Crippen LogP contribution >= 0.6 is 0 Å². The highest BCUT2D eigenvalue weighted by molar-refractivity contribution is 6.77. The average Bonchev–Trinajstić information content (AvgIpc) is 1.84. The van der Waals surface area contributed by atoms with E-state index in [0.717, 1.165) is 0 Å². The van der Waals surface area contributed by atoms with Crippen LogP contribution in [0.5, 0.6) is 0 Å². The zero-order valence-corrected chi connectivity index (χ0v) is 8.61. The van der Waals surface area contributed by atoms with Crippen LogP contribution in [0.15, 0.2) is 12.7 Å². The van der Waals surface area contributed by atoms with Gasteiger partial charge in [0.1, 0.15) is 0 Å². The minimum absolute atomic E-state index is 0.796. The highest BCUT2D eigenvalue weighted by atomic mass is 28.3. The molecule has 10 heavy (non-hydrogen) atoms. The van der Waals surface area contributed by atoms with Gasteiger partial charge in [-0.1, -0.05) is 44.6 Å². The smallest absolute Gasteiger partial charge is 0.0476 e. The number of hydrogen-bond donors (Lipinski definition) is 0. The first-order chi connectivity index (χ1) is 4.62. The average molecular weight is 156 g/mol. The molecule has 0 aromatic heterocycles. The van der Waals surface area contributed by atoms with Crippen molar-refractivity contribution in [3.05, 3.63) is 12.7 Å². The van der Waals surface area contributed by atoms with Crippen LogP contribution in [0, 0.1) is 0 Å². The Bertz CT molecular complexity index is 94.9. The van der Waals surface area contributed by atoms with Gasteiger partial charge < -0.3 is 0 Å². The summed E-state index contributed by atoms with van der Waals surface area (Å²) in [5.41, 5.74) is 0. The van der Waals surface area contributed by atoms with E-state index in [4.69, 9.17) is 0 Å². The van der Waals surface area contributed by atoms with Crippen LogP contribution in [0.2, 0.25) is 25.2 Å². The van der Waals surface area contributed by atoms with Gasteiger partial charge in [0, 0.05) is 8.07 Å². The molecular weight excluding hydrogens is 136 g/mol. The molecule has 0 aliphatic carbocycles. The lowest BCUT2D eigenvalue weighted by Crippen LogP contribution is -2.23.